The molecule has 1 aromatic rings. The van der Waals surface area contributed by atoms with Crippen molar-refractivity contribution >= 4 is 11.9 Å². The van der Waals surface area contributed by atoms with E-state index in [2.05, 4.69) is 13.2 Å². The van der Waals surface area contributed by atoms with E-state index in [0.29, 0.717) is 16.7 Å². The Kier molecular flexibility index (Phi) is 3.84. The number of hydrogen-bond acceptors (Lipinski definition) is 4. The first-order chi connectivity index (χ1) is 10.6. The Morgan fingerprint density at radius 3 is 2.18 bits per heavy atom. The maximum atomic E-state index is 12.3. The molecule has 0 aromatic heterocycles. The summed E-state index contributed by atoms with van der Waals surface area (Å²) in [6, 6.07) is 6.26. The van der Waals surface area contributed by atoms with Crippen molar-refractivity contribution in [3.63, 3.8) is 0 Å². The first-order valence-corrected chi connectivity index (χ1v) is 7.47. The minimum Gasteiger partial charge on any atom is -0.458 e. The molecule has 1 aliphatic carbocycles. The number of fused-ring (bicyclic) bond motifs is 6. The highest BCUT2D eigenvalue weighted by Crippen LogP contribution is 2.35. The third kappa shape index (κ3) is 2.69. The maximum absolute atomic E-state index is 12.3. The predicted octanol–water partition coefficient (Wildman–Crippen LogP) is 3.64. The predicted molar refractivity (Wildman–Crippen MR) is 81.3 cm³/mol. The molecule has 4 heteroatoms. The largest absolute Gasteiger partial charge is 0.458 e. The SMILES string of the molecule is C=C1OC(=O)c2ccc(cc2)C(=O)OC2CCCCC2C1=C. The molecule has 1 aromatic carbocycles. The highest BCUT2D eigenvalue weighted by atomic mass is 16.5. The first-order valence-electron chi connectivity index (χ1n) is 7.47. The van der Waals surface area contributed by atoms with Gasteiger partial charge in [0.2, 0.25) is 0 Å². The van der Waals surface area contributed by atoms with E-state index in [4.69, 9.17) is 9.47 Å². The lowest BCUT2D eigenvalue weighted by Gasteiger charge is -2.33. The van der Waals surface area contributed by atoms with Gasteiger partial charge in [-0.2, -0.15) is 0 Å². The Hall–Kier alpha value is -2.36. The molecule has 0 saturated heterocycles. The topological polar surface area (TPSA) is 52.6 Å². The Labute approximate surface area is 129 Å². The van der Waals surface area contributed by atoms with Gasteiger partial charge in [0.15, 0.2) is 0 Å². The van der Waals surface area contributed by atoms with Crippen molar-refractivity contribution in [2.24, 2.45) is 5.92 Å². The zero-order valence-electron chi connectivity index (χ0n) is 12.3. The molecule has 2 aliphatic heterocycles. The van der Waals surface area contributed by atoms with Gasteiger partial charge in [0.1, 0.15) is 11.9 Å². The average molecular weight is 298 g/mol. The minimum atomic E-state index is -0.487. The summed E-state index contributed by atoms with van der Waals surface area (Å²) in [6.07, 6.45) is 3.43. The normalized spacial score (nSPS) is 25.6. The van der Waals surface area contributed by atoms with Gasteiger partial charge in [0, 0.05) is 5.92 Å². The van der Waals surface area contributed by atoms with Crippen molar-refractivity contribution in [1.29, 1.82) is 0 Å². The van der Waals surface area contributed by atoms with Crippen LogP contribution < -0.4 is 0 Å². The van der Waals surface area contributed by atoms with Crippen molar-refractivity contribution in [2.75, 3.05) is 0 Å². The number of rotatable bonds is 0. The van der Waals surface area contributed by atoms with Crippen LogP contribution in [0.5, 0.6) is 0 Å². The molecule has 0 spiro atoms. The fraction of sp³-hybridized carbons (Fsp3) is 0.333. The van der Waals surface area contributed by atoms with Gasteiger partial charge in [-0.05, 0) is 49.1 Å². The lowest BCUT2D eigenvalue weighted by atomic mass is 9.81. The molecule has 1 saturated carbocycles. The van der Waals surface area contributed by atoms with Crippen molar-refractivity contribution < 1.29 is 19.1 Å². The van der Waals surface area contributed by atoms with Crippen LogP contribution >= 0.6 is 0 Å². The molecule has 2 bridgehead atoms. The van der Waals surface area contributed by atoms with E-state index in [0.717, 1.165) is 25.7 Å². The van der Waals surface area contributed by atoms with E-state index in [1.165, 1.54) is 0 Å². The van der Waals surface area contributed by atoms with Gasteiger partial charge in [-0.1, -0.05) is 19.6 Å². The monoisotopic (exact) mass is 298 g/mol. The molecule has 4 rings (SSSR count). The minimum absolute atomic E-state index is 0.0467. The fourth-order valence-electron chi connectivity index (χ4n) is 3.03. The summed E-state index contributed by atoms with van der Waals surface area (Å²) in [6.45, 7) is 7.82. The molecule has 0 radical (unpaired) electrons. The summed E-state index contributed by atoms with van der Waals surface area (Å²) in [5.41, 5.74) is 1.44. The molecule has 22 heavy (non-hydrogen) atoms. The zero-order valence-corrected chi connectivity index (χ0v) is 12.3. The van der Waals surface area contributed by atoms with Crippen LogP contribution in [0, 0.1) is 5.92 Å². The van der Waals surface area contributed by atoms with Crippen LogP contribution in [-0.2, 0) is 9.47 Å². The van der Waals surface area contributed by atoms with Gasteiger partial charge in [-0.25, -0.2) is 9.59 Å². The number of carbonyl (C=O) groups is 2. The summed E-state index contributed by atoms with van der Waals surface area (Å²) in [5.74, 6) is -0.646. The Morgan fingerprint density at radius 1 is 0.909 bits per heavy atom. The smallest absolute Gasteiger partial charge is 0.343 e. The zero-order chi connectivity index (χ0) is 15.7. The van der Waals surface area contributed by atoms with Crippen LogP contribution in [-0.4, -0.2) is 18.0 Å². The molecule has 2 atom stereocenters. The Balaban J connectivity index is 1.99. The van der Waals surface area contributed by atoms with Crippen LogP contribution in [0.1, 0.15) is 46.4 Å². The summed E-state index contributed by atoms with van der Waals surface area (Å²) >= 11 is 0. The molecule has 1 fully saturated rings. The van der Waals surface area contributed by atoms with Gasteiger partial charge in [-0.3, -0.25) is 0 Å². The number of benzene rings is 1. The summed E-state index contributed by atoms with van der Waals surface area (Å²) in [7, 11) is 0. The van der Waals surface area contributed by atoms with Gasteiger partial charge < -0.3 is 9.47 Å². The molecule has 2 unspecified atom stereocenters. The molecule has 0 amide bonds. The second-order valence-electron chi connectivity index (χ2n) is 5.75. The Morgan fingerprint density at radius 2 is 1.50 bits per heavy atom. The second kappa shape index (κ2) is 5.79. The number of carbonyl (C=O) groups excluding carboxylic acids is 2. The number of allylic oxidation sites excluding steroid dienone is 1. The van der Waals surface area contributed by atoms with Gasteiger partial charge in [0.25, 0.3) is 0 Å². The highest BCUT2D eigenvalue weighted by molar-refractivity contribution is 5.94. The second-order valence-corrected chi connectivity index (χ2v) is 5.75. The van der Waals surface area contributed by atoms with Crippen molar-refractivity contribution in [2.45, 2.75) is 31.8 Å². The Bertz CT molecular complexity index is 642. The maximum Gasteiger partial charge on any atom is 0.343 e. The number of esters is 2. The van der Waals surface area contributed by atoms with E-state index in [1.807, 2.05) is 0 Å². The van der Waals surface area contributed by atoms with Crippen molar-refractivity contribution in [3.8, 4) is 0 Å². The van der Waals surface area contributed by atoms with Crippen LogP contribution in [0.15, 0.2) is 48.8 Å². The first kappa shape index (κ1) is 14.6. The standard InChI is InChI=1S/C18H18O4/c1-11-12(2)21-17(19)13-7-9-14(10-8-13)18(20)22-16-6-4-3-5-15(11)16/h7-10,15-16H,1-6H2. The van der Waals surface area contributed by atoms with E-state index < -0.39 is 5.97 Å². The van der Waals surface area contributed by atoms with Crippen LogP contribution in [0.25, 0.3) is 0 Å². The molecule has 2 heterocycles. The molecular weight excluding hydrogens is 280 g/mol. The van der Waals surface area contributed by atoms with E-state index >= 15 is 0 Å². The van der Waals surface area contributed by atoms with Gasteiger partial charge >= 0.3 is 11.9 Å². The number of ether oxygens (including phenoxy) is 2. The third-order valence-corrected chi connectivity index (χ3v) is 4.34. The molecule has 4 nitrogen and oxygen atoms in total. The lowest BCUT2D eigenvalue weighted by Crippen LogP contribution is -2.32. The molecule has 0 N–H and O–H groups in total. The molecule has 114 valence electrons. The fourth-order valence-corrected chi connectivity index (χ4v) is 3.03. The van der Waals surface area contributed by atoms with E-state index in [9.17, 15) is 9.59 Å². The third-order valence-electron chi connectivity index (χ3n) is 4.34. The molecule has 3 aliphatic rings. The van der Waals surface area contributed by atoms with Gasteiger partial charge in [-0.15, -0.1) is 0 Å². The van der Waals surface area contributed by atoms with Crippen molar-refractivity contribution in [3.05, 3.63) is 59.9 Å². The summed E-state index contributed by atoms with van der Waals surface area (Å²) < 4.78 is 11.0. The van der Waals surface area contributed by atoms with Gasteiger partial charge in [0.05, 0.1) is 11.1 Å². The number of hydrogen-bond donors (Lipinski definition) is 0. The van der Waals surface area contributed by atoms with E-state index in [-0.39, 0.29) is 23.8 Å². The van der Waals surface area contributed by atoms with E-state index in [1.54, 1.807) is 24.3 Å². The highest BCUT2D eigenvalue weighted by Gasteiger charge is 2.33. The van der Waals surface area contributed by atoms with Crippen LogP contribution in [0.2, 0.25) is 0 Å². The van der Waals surface area contributed by atoms with Crippen LogP contribution in [0.4, 0.5) is 0 Å². The quantitative estimate of drug-likeness (QED) is 0.686. The van der Waals surface area contributed by atoms with Crippen molar-refractivity contribution in [1.82, 2.24) is 0 Å². The summed E-state index contributed by atoms with van der Waals surface area (Å²) in [5, 5.41) is 0. The summed E-state index contributed by atoms with van der Waals surface area (Å²) in [4.78, 5) is 24.4. The molecular formula is C18H18O4. The van der Waals surface area contributed by atoms with Crippen LogP contribution in [0.3, 0.4) is 0 Å². The lowest BCUT2D eigenvalue weighted by molar-refractivity contribution is 0.00677. The average Bonchev–Trinajstić information content (AvgIpc) is 2.54.